The summed E-state index contributed by atoms with van der Waals surface area (Å²) in [6.07, 6.45) is 2.05. The lowest BCUT2D eigenvalue weighted by molar-refractivity contribution is -0.115. The Morgan fingerprint density at radius 1 is 1.27 bits per heavy atom. The molecule has 0 aliphatic heterocycles. The maximum Gasteiger partial charge on any atom is 0.235 e. The summed E-state index contributed by atoms with van der Waals surface area (Å²) in [4.78, 5) is 12.2. The Hall–Kier alpha value is -2.89. The van der Waals surface area contributed by atoms with Crippen LogP contribution in [0.1, 0.15) is 11.1 Å². The average molecular weight is 296 g/mol. The third-order valence-electron chi connectivity index (χ3n) is 3.40. The first-order valence-corrected chi connectivity index (χ1v) is 6.90. The fraction of sp³-hybridized carbons (Fsp3) is 0.188. The number of fused-ring (bicyclic) bond motifs is 1. The Balaban J connectivity index is 1.75. The molecule has 3 aromatic rings. The Kier molecular flexibility index (Phi) is 3.74. The fourth-order valence-corrected chi connectivity index (χ4v) is 2.26. The Labute approximate surface area is 127 Å². The summed E-state index contributed by atoms with van der Waals surface area (Å²) in [5.41, 5.74) is 2.61. The van der Waals surface area contributed by atoms with Gasteiger partial charge in [0.2, 0.25) is 11.9 Å². The number of pyridine rings is 1. The summed E-state index contributed by atoms with van der Waals surface area (Å²) in [7, 11) is 1.62. The molecule has 0 saturated heterocycles. The van der Waals surface area contributed by atoms with Gasteiger partial charge in [-0.05, 0) is 36.2 Å². The third kappa shape index (κ3) is 2.76. The van der Waals surface area contributed by atoms with Gasteiger partial charge < -0.3 is 4.74 Å². The molecule has 0 spiro atoms. The molecule has 1 aromatic carbocycles. The molecule has 22 heavy (non-hydrogen) atoms. The van der Waals surface area contributed by atoms with Gasteiger partial charge in [-0.15, -0.1) is 10.2 Å². The second-order valence-corrected chi connectivity index (χ2v) is 4.98. The van der Waals surface area contributed by atoms with E-state index in [2.05, 4.69) is 15.5 Å². The average Bonchev–Trinajstić information content (AvgIpc) is 2.92. The van der Waals surface area contributed by atoms with Crippen LogP contribution in [0.2, 0.25) is 0 Å². The number of anilines is 1. The van der Waals surface area contributed by atoms with Crippen LogP contribution < -0.4 is 10.1 Å². The van der Waals surface area contributed by atoms with Crippen molar-refractivity contribution in [3.05, 3.63) is 53.7 Å². The minimum Gasteiger partial charge on any atom is -0.496 e. The summed E-state index contributed by atoms with van der Waals surface area (Å²) < 4.78 is 7.00. The number of hydrogen-bond donors (Lipinski definition) is 1. The lowest BCUT2D eigenvalue weighted by Gasteiger charge is -2.08. The van der Waals surface area contributed by atoms with E-state index >= 15 is 0 Å². The van der Waals surface area contributed by atoms with Gasteiger partial charge in [0.15, 0.2) is 5.65 Å². The molecule has 1 amide bonds. The first-order chi connectivity index (χ1) is 10.7. The van der Waals surface area contributed by atoms with E-state index < -0.39 is 0 Å². The smallest absolute Gasteiger partial charge is 0.235 e. The molecule has 2 aromatic heterocycles. The summed E-state index contributed by atoms with van der Waals surface area (Å²) in [5.74, 6) is 1.04. The molecule has 1 N–H and O–H groups in total. The molecule has 0 aliphatic rings. The van der Waals surface area contributed by atoms with E-state index in [4.69, 9.17) is 4.74 Å². The molecule has 2 heterocycles. The van der Waals surface area contributed by atoms with Crippen LogP contribution in [0, 0.1) is 6.92 Å². The highest BCUT2D eigenvalue weighted by molar-refractivity contribution is 5.91. The number of benzene rings is 1. The monoisotopic (exact) mass is 296 g/mol. The molecular formula is C16H16N4O2. The molecule has 0 aliphatic carbocycles. The number of hydrogen-bond acceptors (Lipinski definition) is 4. The summed E-state index contributed by atoms with van der Waals surface area (Å²) in [6.45, 7) is 1.96. The van der Waals surface area contributed by atoms with E-state index in [1.165, 1.54) is 0 Å². The zero-order chi connectivity index (χ0) is 15.5. The van der Waals surface area contributed by atoms with E-state index in [9.17, 15) is 4.79 Å². The molecule has 0 unspecified atom stereocenters. The van der Waals surface area contributed by atoms with Gasteiger partial charge in [0.05, 0.1) is 13.5 Å². The van der Waals surface area contributed by atoms with Crippen LogP contribution in [0.5, 0.6) is 5.75 Å². The molecular weight excluding hydrogens is 280 g/mol. The number of nitrogens with one attached hydrogen (secondary N) is 1. The third-order valence-corrected chi connectivity index (χ3v) is 3.40. The lowest BCUT2D eigenvalue weighted by Crippen LogP contribution is -2.16. The van der Waals surface area contributed by atoms with Gasteiger partial charge in [0, 0.05) is 6.20 Å². The highest BCUT2D eigenvalue weighted by atomic mass is 16.5. The highest BCUT2D eigenvalue weighted by Crippen LogP contribution is 2.19. The zero-order valence-electron chi connectivity index (χ0n) is 12.4. The van der Waals surface area contributed by atoms with E-state index in [0.717, 1.165) is 16.9 Å². The number of carbonyl (C=O) groups excluding carboxylic acids is 1. The molecule has 112 valence electrons. The number of amides is 1. The van der Waals surface area contributed by atoms with Gasteiger partial charge in [-0.1, -0.05) is 18.2 Å². The minimum atomic E-state index is -0.149. The van der Waals surface area contributed by atoms with Crippen LogP contribution in [-0.4, -0.2) is 27.6 Å². The van der Waals surface area contributed by atoms with Crippen molar-refractivity contribution in [2.24, 2.45) is 0 Å². The summed E-state index contributed by atoms with van der Waals surface area (Å²) >= 11 is 0. The standard InChI is InChI=1S/C16H16N4O2/c1-11-6-7-12(9-13(11)22-2)10-15(21)17-16-19-18-14-5-3-4-8-20(14)16/h3-9H,10H2,1-2H3,(H,17,19,21). The summed E-state index contributed by atoms with van der Waals surface area (Å²) in [5, 5.41) is 10.8. The fourth-order valence-electron chi connectivity index (χ4n) is 2.26. The second-order valence-electron chi connectivity index (χ2n) is 4.98. The Morgan fingerprint density at radius 2 is 2.14 bits per heavy atom. The molecule has 0 saturated carbocycles. The first kappa shape index (κ1) is 14.1. The van der Waals surface area contributed by atoms with Crippen molar-refractivity contribution in [1.82, 2.24) is 14.6 Å². The van der Waals surface area contributed by atoms with Crippen molar-refractivity contribution in [2.75, 3.05) is 12.4 Å². The number of aryl methyl sites for hydroxylation is 1. The minimum absolute atomic E-state index is 0.149. The van der Waals surface area contributed by atoms with Crippen molar-refractivity contribution in [3.8, 4) is 5.75 Å². The first-order valence-electron chi connectivity index (χ1n) is 6.90. The Morgan fingerprint density at radius 3 is 2.95 bits per heavy atom. The molecule has 0 fully saturated rings. The van der Waals surface area contributed by atoms with E-state index in [1.807, 2.05) is 43.3 Å². The predicted octanol–water partition coefficient (Wildman–Crippen LogP) is 2.23. The van der Waals surface area contributed by atoms with Gasteiger partial charge >= 0.3 is 0 Å². The number of nitrogens with zero attached hydrogens (tertiary/aromatic N) is 3. The van der Waals surface area contributed by atoms with Gasteiger partial charge in [-0.25, -0.2) is 0 Å². The predicted molar refractivity (Wildman–Crippen MR) is 83.1 cm³/mol. The number of carbonyl (C=O) groups is 1. The van der Waals surface area contributed by atoms with Crippen LogP contribution in [0.4, 0.5) is 5.95 Å². The lowest BCUT2D eigenvalue weighted by atomic mass is 10.1. The molecule has 3 rings (SSSR count). The topological polar surface area (TPSA) is 68.5 Å². The van der Waals surface area contributed by atoms with Crippen LogP contribution in [0.25, 0.3) is 5.65 Å². The van der Waals surface area contributed by atoms with E-state index in [1.54, 1.807) is 17.7 Å². The van der Waals surface area contributed by atoms with Gasteiger partial charge in [0.25, 0.3) is 0 Å². The van der Waals surface area contributed by atoms with Crippen molar-refractivity contribution < 1.29 is 9.53 Å². The van der Waals surface area contributed by atoms with Gasteiger partial charge in [0.1, 0.15) is 5.75 Å². The molecule has 6 nitrogen and oxygen atoms in total. The molecule has 0 bridgehead atoms. The maximum atomic E-state index is 12.2. The van der Waals surface area contributed by atoms with E-state index in [0.29, 0.717) is 11.6 Å². The normalized spacial score (nSPS) is 10.6. The second kappa shape index (κ2) is 5.85. The molecule has 0 radical (unpaired) electrons. The zero-order valence-corrected chi connectivity index (χ0v) is 12.4. The van der Waals surface area contributed by atoms with Crippen molar-refractivity contribution in [3.63, 3.8) is 0 Å². The van der Waals surface area contributed by atoms with E-state index in [-0.39, 0.29) is 12.3 Å². The van der Waals surface area contributed by atoms with Crippen LogP contribution in [0.15, 0.2) is 42.6 Å². The van der Waals surface area contributed by atoms with Gasteiger partial charge in [-0.3, -0.25) is 14.5 Å². The number of methoxy groups -OCH3 is 1. The van der Waals surface area contributed by atoms with Crippen LogP contribution >= 0.6 is 0 Å². The largest absolute Gasteiger partial charge is 0.496 e. The van der Waals surface area contributed by atoms with Crippen LogP contribution in [0.3, 0.4) is 0 Å². The molecule has 0 atom stereocenters. The quantitative estimate of drug-likeness (QED) is 0.801. The van der Waals surface area contributed by atoms with Crippen molar-refractivity contribution in [2.45, 2.75) is 13.3 Å². The Bertz CT molecular complexity index is 826. The van der Waals surface area contributed by atoms with Crippen molar-refractivity contribution >= 4 is 17.5 Å². The van der Waals surface area contributed by atoms with Gasteiger partial charge in [-0.2, -0.15) is 0 Å². The highest BCUT2D eigenvalue weighted by Gasteiger charge is 2.10. The molecule has 6 heteroatoms. The maximum absolute atomic E-state index is 12.2. The van der Waals surface area contributed by atoms with Crippen LogP contribution in [-0.2, 0) is 11.2 Å². The van der Waals surface area contributed by atoms with Crippen molar-refractivity contribution in [1.29, 1.82) is 0 Å². The summed E-state index contributed by atoms with van der Waals surface area (Å²) in [6, 6.07) is 11.3. The number of aromatic nitrogens is 3. The number of rotatable bonds is 4. The SMILES string of the molecule is COc1cc(CC(=O)Nc2nnc3ccccn23)ccc1C. The number of ether oxygens (including phenoxy) is 1.